The lowest BCUT2D eigenvalue weighted by Crippen LogP contribution is -2.19. The maximum Gasteiger partial charge on any atom is 0.265 e. The highest BCUT2D eigenvalue weighted by molar-refractivity contribution is 7.92. The second kappa shape index (κ2) is 8.03. The van der Waals surface area contributed by atoms with E-state index in [1.807, 2.05) is 12.1 Å². The molecule has 0 radical (unpaired) electrons. The van der Waals surface area contributed by atoms with Crippen molar-refractivity contribution in [3.8, 4) is 11.7 Å². The summed E-state index contributed by atoms with van der Waals surface area (Å²) in [6.07, 6.45) is 8.77. The number of sulfonamides is 1. The third kappa shape index (κ3) is 3.86. The molecule has 0 aliphatic carbocycles. The molecule has 1 aliphatic heterocycles. The lowest BCUT2D eigenvalue weighted by molar-refractivity contribution is 0.400. The van der Waals surface area contributed by atoms with Gasteiger partial charge in [-0.1, -0.05) is 6.92 Å². The van der Waals surface area contributed by atoms with Gasteiger partial charge in [-0.2, -0.15) is 10.2 Å². The number of nitrogens with one attached hydrogen (secondary N) is 1. The van der Waals surface area contributed by atoms with Gasteiger partial charge in [0.2, 0.25) is 5.88 Å². The first-order valence-corrected chi connectivity index (χ1v) is 12.0. The minimum Gasteiger partial charge on any atom is -0.479 e. The molecule has 12 heteroatoms. The molecule has 1 aliphatic rings. The van der Waals surface area contributed by atoms with Crippen molar-refractivity contribution in [2.75, 3.05) is 29.8 Å². The van der Waals surface area contributed by atoms with E-state index in [0.29, 0.717) is 22.6 Å². The third-order valence-electron chi connectivity index (χ3n) is 5.79. The zero-order valence-corrected chi connectivity index (χ0v) is 19.3. The summed E-state index contributed by atoms with van der Waals surface area (Å²) in [5, 5.41) is 9.11. The van der Waals surface area contributed by atoms with Crippen LogP contribution in [-0.4, -0.2) is 58.1 Å². The quantitative estimate of drug-likeness (QED) is 0.457. The molecule has 0 amide bonds. The fourth-order valence-corrected chi connectivity index (χ4v) is 5.05. The Hall–Kier alpha value is -3.67. The molecule has 0 spiro atoms. The van der Waals surface area contributed by atoms with E-state index in [2.05, 4.69) is 36.7 Å². The second-order valence-electron chi connectivity index (χ2n) is 8.15. The van der Waals surface area contributed by atoms with Crippen molar-refractivity contribution in [3.63, 3.8) is 0 Å². The monoisotopic (exact) mass is 468 g/mol. The number of aromatic nitrogens is 6. The number of aryl methyl sites for hydroxylation is 1. The number of fused-ring (bicyclic) bond motifs is 1. The van der Waals surface area contributed by atoms with Gasteiger partial charge in [-0.05, 0) is 18.4 Å². The van der Waals surface area contributed by atoms with Gasteiger partial charge in [0, 0.05) is 49.7 Å². The smallest absolute Gasteiger partial charge is 0.265 e. The Balaban J connectivity index is 1.46. The summed E-state index contributed by atoms with van der Waals surface area (Å²) in [6.45, 7) is 4.21. The van der Waals surface area contributed by atoms with Gasteiger partial charge in [0.25, 0.3) is 10.0 Å². The molecule has 1 atom stereocenters. The maximum atomic E-state index is 13.2. The highest BCUT2D eigenvalue weighted by atomic mass is 32.2. The average Bonchev–Trinajstić information content (AvgIpc) is 3.54. The fourth-order valence-electron chi connectivity index (χ4n) is 4.06. The largest absolute Gasteiger partial charge is 0.479 e. The number of methoxy groups -OCH3 is 1. The Morgan fingerprint density at radius 3 is 2.79 bits per heavy atom. The molecule has 0 unspecified atom stereocenters. The van der Waals surface area contributed by atoms with Crippen molar-refractivity contribution in [2.45, 2.75) is 18.2 Å². The van der Waals surface area contributed by atoms with Gasteiger partial charge in [-0.15, -0.1) is 0 Å². The first-order chi connectivity index (χ1) is 15.9. The molecule has 11 nitrogen and oxygen atoms in total. The van der Waals surface area contributed by atoms with E-state index in [-0.39, 0.29) is 16.5 Å². The maximum absolute atomic E-state index is 13.2. The minimum atomic E-state index is -3.98. The second-order valence-corrected chi connectivity index (χ2v) is 9.84. The van der Waals surface area contributed by atoms with Crippen molar-refractivity contribution in [3.05, 3.63) is 43.1 Å². The van der Waals surface area contributed by atoms with Crippen LogP contribution >= 0.6 is 0 Å². The van der Waals surface area contributed by atoms with E-state index in [9.17, 15) is 8.42 Å². The van der Waals surface area contributed by atoms with Gasteiger partial charge in [0.15, 0.2) is 5.82 Å². The Kier molecular flexibility index (Phi) is 5.16. The lowest BCUT2D eigenvalue weighted by Gasteiger charge is -2.18. The predicted molar refractivity (Wildman–Crippen MR) is 123 cm³/mol. The van der Waals surface area contributed by atoms with Crippen LogP contribution in [0.4, 0.5) is 11.4 Å². The van der Waals surface area contributed by atoms with Crippen LogP contribution in [0.3, 0.4) is 0 Å². The van der Waals surface area contributed by atoms with Crippen LogP contribution in [0.2, 0.25) is 0 Å². The molecule has 1 N–H and O–H groups in total. The predicted octanol–water partition coefficient (Wildman–Crippen LogP) is 2.20. The molecule has 0 saturated carbocycles. The molecule has 4 aromatic heterocycles. The van der Waals surface area contributed by atoms with Crippen LogP contribution in [0.5, 0.6) is 5.88 Å². The molecule has 33 heavy (non-hydrogen) atoms. The normalized spacial score (nSPS) is 16.5. The van der Waals surface area contributed by atoms with Gasteiger partial charge in [0.1, 0.15) is 10.6 Å². The summed E-state index contributed by atoms with van der Waals surface area (Å²) in [7, 11) is -0.835. The molecule has 5 heterocycles. The van der Waals surface area contributed by atoms with E-state index in [4.69, 9.17) is 4.74 Å². The van der Waals surface area contributed by atoms with Crippen LogP contribution in [0, 0.1) is 5.92 Å². The lowest BCUT2D eigenvalue weighted by atomic mass is 10.2. The fraction of sp³-hybridized carbons (Fsp3) is 0.333. The molecule has 4 aromatic rings. The summed E-state index contributed by atoms with van der Waals surface area (Å²) in [5.41, 5.74) is 1.82. The van der Waals surface area contributed by atoms with Gasteiger partial charge in [-0.25, -0.2) is 23.1 Å². The van der Waals surface area contributed by atoms with Crippen molar-refractivity contribution in [2.24, 2.45) is 13.0 Å². The number of nitrogens with zero attached hydrogens (tertiary/aromatic N) is 7. The molecule has 0 bridgehead atoms. The summed E-state index contributed by atoms with van der Waals surface area (Å²) in [4.78, 5) is 10.8. The molecular formula is C21H24N8O3S. The number of rotatable bonds is 6. The molecule has 0 aromatic carbocycles. The minimum absolute atomic E-state index is 0.00859. The van der Waals surface area contributed by atoms with Crippen molar-refractivity contribution in [1.82, 2.24) is 29.5 Å². The molecule has 172 valence electrons. The summed E-state index contributed by atoms with van der Waals surface area (Å²) >= 11 is 0. The number of anilines is 2. The van der Waals surface area contributed by atoms with E-state index < -0.39 is 10.0 Å². The highest BCUT2D eigenvalue weighted by Gasteiger charge is 2.24. The van der Waals surface area contributed by atoms with E-state index in [1.54, 1.807) is 30.3 Å². The zero-order chi connectivity index (χ0) is 23.2. The first-order valence-electron chi connectivity index (χ1n) is 10.5. The van der Waals surface area contributed by atoms with Crippen LogP contribution < -0.4 is 14.4 Å². The van der Waals surface area contributed by atoms with Gasteiger partial charge in [0.05, 0.1) is 31.2 Å². The highest BCUT2D eigenvalue weighted by Crippen LogP contribution is 2.32. The first kappa shape index (κ1) is 21.2. The summed E-state index contributed by atoms with van der Waals surface area (Å²) in [5.74, 6) is 1.34. The SMILES string of the molecule is COc1ncc2cnn(C)c2c1NS(=O)(=O)c1cnn(-c2cc(N3CC[C@@H](C)C3)ccn2)c1. The third-order valence-corrected chi connectivity index (χ3v) is 7.09. The van der Waals surface area contributed by atoms with Crippen molar-refractivity contribution >= 4 is 32.3 Å². The average molecular weight is 469 g/mol. The molecule has 1 fully saturated rings. The zero-order valence-electron chi connectivity index (χ0n) is 18.5. The Morgan fingerprint density at radius 2 is 2.03 bits per heavy atom. The number of ether oxygens (including phenoxy) is 1. The Labute approximate surface area is 191 Å². The topological polar surface area (TPSA) is 120 Å². The van der Waals surface area contributed by atoms with Crippen LogP contribution in [-0.2, 0) is 17.1 Å². The summed E-state index contributed by atoms with van der Waals surface area (Å²) in [6, 6.07) is 3.87. The molecular weight excluding hydrogens is 444 g/mol. The van der Waals surface area contributed by atoms with E-state index in [0.717, 1.165) is 25.2 Å². The van der Waals surface area contributed by atoms with Gasteiger partial charge in [-0.3, -0.25) is 9.40 Å². The standard InChI is InChI=1S/C21H24N8O3S/c1-14-5-7-28(12-14)16-4-6-22-18(8-16)29-13-17(11-25-29)33(30,31)26-19-20-15(10-24-27(20)2)9-23-21(19)32-3/h4,6,8-11,13-14,26H,5,7,12H2,1-3H3/t14-/m1/s1. The molecule has 1 saturated heterocycles. The van der Waals surface area contributed by atoms with Crippen molar-refractivity contribution < 1.29 is 13.2 Å². The number of pyridine rings is 2. The molecule has 5 rings (SSSR count). The summed E-state index contributed by atoms with van der Waals surface area (Å²) < 4.78 is 37.3. The van der Waals surface area contributed by atoms with Crippen molar-refractivity contribution in [1.29, 1.82) is 0 Å². The van der Waals surface area contributed by atoms with Crippen LogP contribution in [0.1, 0.15) is 13.3 Å². The Morgan fingerprint density at radius 1 is 1.18 bits per heavy atom. The van der Waals surface area contributed by atoms with Crippen LogP contribution in [0.15, 0.2) is 48.0 Å². The van der Waals surface area contributed by atoms with Crippen LogP contribution in [0.25, 0.3) is 16.7 Å². The number of hydrogen-bond donors (Lipinski definition) is 1. The van der Waals surface area contributed by atoms with E-state index in [1.165, 1.54) is 24.2 Å². The van der Waals surface area contributed by atoms with Gasteiger partial charge >= 0.3 is 0 Å². The van der Waals surface area contributed by atoms with E-state index >= 15 is 0 Å². The number of hydrogen-bond acceptors (Lipinski definition) is 8. The van der Waals surface area contributed by atoms with Gasteiger partial charge < -0.3 is 9.64 Å². The Bertz CT molecular complexity index is 1430.